The van der Waals surface area contributed by atoms with Crippen LogP contribution in [0.25, 0.3) is 0 Å². The molecular weight excluding hydrogens is 404 g/mol. The molecule has 29 heavy (non-hydrogen) atoms. The zero-order chi connectivity index (χ0) is 20.2. The van der Waals surface area contributed by atoms with Crippen molar-refractivity contribution in [1.82, 2.24) is 14.5 Å². The fraction of sp³-hybridized carbons (Fsp3) is 0.190. The van der Waals surface area contributed by atoms with Gasteiger partial charge >= 0.3 is 0 Å². The Morgan fingerprint density at radius 3 is 2.59 bits per heavy atom. The number of anilines is 1. The van der Waals surface area contributed by atoms with Gasteiger partial charge in [0.25, 0.3) is 5.91 Å². The Morgan fingerprint density at radius 1 is 1.14 bits per heavy atom. The molecule has 2 heterocycles. The van der Waals surface area contributed by atoms with E-state index in [2.05, 4.69) is 10.3 Å². The summed E-state index contributed by atoms with van der Waals surface area (Å²) < 4.78 is 1.95. The molecule has 1 fully saturated rings. The molecule has 0 bridgehead atoms. The van der Waals surface area contributed by atoms with Crippen LogP contribution in [0.3, 0.4) is 0 Å². The van der Waals surface area contributed by atoms with Crippen molar-refractivity contribution in [2.45, 2.75) is 16.1 Å². The van der Waals surface area contributed by atoms with Gasteiger partial charge in [0.2, 0.25) is 5.91 Å². The number of thioether (sulfide) groups is 1. The predicted octanol–water partition coefficient (Wildman–Crippen LogP) is 3.73. The monoisotopic (exact) mass is 424 g/mol. The smallest absolute Gasteiger partial charge is 0.255 e. The minimum absolute atomic E-state index is 0.113. The van der Waals surface area contributed by atoms with Gasteiger partial charge in [-0.1, -0.05) is 30.0 Å². The first-order chi connectivity index (χ1) is 14.1. The Labute approximate surface area is 177 Å². The number of hydrogen-bond acceptors (Lipinski definition) is 5. The SMILES string of the molecule is Cn1ccnc1Sc1ccc(NC(=O)[C@@H]2CSCN2C(=O)c2ccccc2)cc1. The largest absolute Gasteiger partial charge is 0.329 e. The summed E-state index contributed by atoms with van der Waals surface area (Å²) in [6, 6.07) is 16.2. The normalized spacial score (nSPS) is 16.0. The molecule has 1 N–H and O–H groups in total. The van der Waals surface area contributed by atoms with Crippen molar-refractivity contribution >= 4 is 41.0 Å². The molecule has 0 unspecified atom stereocenters. The summed E-state index contributed by atoms with van der Waals surface area (Å²) in [5, 5.41) is 3.84. The summed E-state index contributed by atoms with van der Waals surface area (Å²) in [5.74, 6) is 0.837. The van der Waals surface area contributed by atoms with E-state index < -0.39 is 6.04 Å². The van der Waals surface area contributed by atoms with E-state index in [9.17, 15) is 9.59 Å². The van der Waals surface area contributed by atoms with Crippen molar-refractivity contribution in [3.63, 3.8) is 0 Å². The molecule has 2 amide bonds. The molecule has 6 nitrogen and oxygen atoms in total. The Balaban J connectivity index is 1.40. The van der Waals surface area contributed by atoms with Crippen molar-refractivity contribution in [2.75, 3.05) is 16.9 Å². The molecule has 1 atom stereocenters. The Kier molecular flexibility index (Phi) is 5.92. The molecule has 0 radical (unpaired) electrons. The van der Waals surface area contributed by atoms with Crippen LogP contribution in [0, 0.1) is 0 Å². The van der Waals surface area contributed by atoms with E-state index in [1.54, 1.807) is 46.8 Å². The van der Waals surface area contributed by atoms with Crippen molar-refractivity contribution in [3.05, 3.63) is 72.6 Å². The van der Waals surface area contributed by atoms with Gasteiger partial charge in [-0.2, -0.15) is 0 Å². The highest BCUT2D eigenvalue weighted by Gasteiger charge is 2.35. The van der Waals surface area contributed by atoms with Gasteiger partial charge < -0.3 is 14.8 Å². The molecular formula is C21H20N4O2S2. The van der Waals surface area contributed by atoms with Gasteiger partial charge in [0.05, 0.1) is 5.88 Å². The average molecular weight is 425 g/mol. The third-order valence-electron chi connectivity index (χ3n) is 4.57. The number of aryl methyl sites for hydroxylation is 1. The molecule has 1 aromatic heterocycles. The van der Waals surface area contributed by atoms with Gasteiger partial charge in [0, 0.05) is 41.3 Å². The van der Waals surface area contributed by atoms with Crippen LogP contribution in [-0.2, 0) is 11.8 Å². The van der Waals surface area contributed by atoms with E-state index in [4.69, 9.17) is 0 Å². The molecule has 0 saturated carbocycles. The first-order valence-electron chi connectivity index (χ1n) is 9.12. The molecule has 148 valence electrons. The van der Waals surface area contributed by atoms with Gasteiger partial charge in [0.1, 0.15) is 6.04 Å². The van der Waals surface area contributed by atoms with Crippen LogP contribution >= 0.6 is 23.5 Å². The molecule has 1 saturated heterocycles. The molecule has 1 aliphatic rings. The molecule has 4 rings (SSSR count). The highest BCUT2D eigenvalue weighted by molar-refractivity contribution is 7.99. The van der Waals surface area contributed by atoms with Crippen LogP contribution in [0.4, 0.5) is 5.69 Å². The number of amides is 2. The van der Waals surface area contributed by atoms with Crippen LogP contribution in [0.2, 0.25) is 0 Å². The van der Waals surface area contributed by atoms with E-state index in [1.807, 2.05) is 60.3 Å². The highest BCUT2D eigenvalue weighted by Crippen LogP contribution is 2.28. The fourth-order valence-corrected chi connectivity index (χ4v) is 4.95. The number of nitrogens with zero attached hydrogens (tertiary/aromatic N) is 3. The van der Waals surface area contributed by atoms with Gasteiger partial charge in [-0.25, -0.2) is 4.98 Å². The van der Waals surface area contributed by atoms with Crippen LogP contribution in [0.15, 0.2) is 77.0 Å². The second-order valence-electron chi connectivity index (χ2n) is 6.59. The van der Waals surface area contributed by atoms with E-state index in [0.717, 1.165) is 10.1 Å². The Bertz CT molecular complexity index is 1010. The lowest BCUT2D eigenvalue weighted by Crippen LogP contribution is -2.44. The quantitative estimate of drug-likeness (QED) is 0.676. The number of aromatic nitrogens is 2. The summed E-state index contributed by atoms with van der Waals surface area (Å²) >= 11 is 3.15. The van der Waals surface area contributed by atoms with Gasteiger partial charge in [-0.05, 0) is 36.4 Å². The molecule has 0 aliphatic carbocycles. The van der Waals surface area contributed by atoms with Crippen LogP contribution < -0.4 is 5.32 Å². The van der Waals surface area contributed by atoms with Crippen LogP contribution in [0.1, 0.15) is 10.4 Å². The lowest BCUT2D eigenvalue weighted by atomic mass is 10.1. The highest BCUT2D eigenvalue weighted by atomic mass is 32.2. The van der Waals surface area contributed by atoms with Crippen molar-refractivity contribution in [3.8, 4) is 0 Å². The van der Waals surface area contributed by atoms with Crippen molar-refractivity contribution in [1.29, 1.82) is 0 Å². The van der Waals surface area contributed by atoms with Gasteiger partial charge in [0.15, 0.2) is 5.16 Å². The second-order valence-corrected chi connectivity index (χ2v) is 8.63. The maximum Gasteiger partial charge on any atom is 0.255 e. The van der Waals surface area contributed by atoms with Crippen LogP contribution in [0.5, 0.6) is 0 Å². The maximum absolute atomic E-state index is 12.8. The predicted molar refractivity (Wildman–Crippen MR) is 116 cm³/mol. The topological polar surface area (TPSA) is 67.2 Å². The molecule has 8 heteroatoms. The molecule has 2 aromatic carbocycles. The maximum atomic E-state index is 12.8. The number of carbonyl (C=O) groups excluding carboxylic acids is 2. The Hall–Kier alpha value is -2.71. The average Bonchev–Trinajstić information content (AvgIpc) is 3.39. The van der Waals surface area contributed by atoms with Crippen LogP contribution in [-0.4, -0.2) is 43.9 Å². The fourth-order valence-electron chi connectivity index (χ4n) is 2.99. The van der Waals surface area contributed by atoms with Gasteiger partial charge in [-0.3, -0.25) is 9.59 Å². The lowest BCUT2D eigenvalue weighted by Gasteiger charge is -2.23. The molecule has 3 aromatic rings. The minimum atomic E-state index is -0.477. The lowest BCUT2D eigenvalue weighted by molar-refractivity contribution is -0.119. The molecule has 0 spiro atoms. The summed E-state index contributed by atoms with van der Waals surface area (Å²) in [7, 11) is 1.95. The van der Waals surface area contributed by atoms with E-state index >= 15 is 0 Å². The van der Waals surface area contributed by atoms with E-state index in [-0.39, 0.29) is 11.8 Å². The van der Waals surface area contributed by atoms with Crippen molar-refractivity contribution in [2.24, 2.45) is 7.05 Å². The van der Waals surface area contributed by atoms with Gasteiger partial charge in [-0.15, -0.1) is 11.8 Å². The number of hydrogen-bond donors (Lipinski definition) is 1. The summed E-state index contributed by atoms with van der Waals surface area (Å²) in [6.45, 7) is 0. The summed E-state index contributed by atoms with van der Waals surface area (Å²) in [5.41, 5.74) is 1.31. The third-order valence-corrected chi connectivity index (χ3v) is 6.67. The number of imidazole rings is 1. The van der Waals surface area contributed by atoms with Crippen molar-refractivity contribution < 1.29 is 9.59 Å². The first kappa shape index (κ1) is 19.6. The number of nitrogens with one attached hydrogen (secondary N) is 1. The Morgan fingerprint density at radius 2 is 1.90 bits per heavy atom. The second kappa shape index (κ2) is 8.75. The number of benzene rings is 2. The number of rotatable bonds is 5. The summed E-state index contributed by atoms with van der Waals surface area (Å²) in [4.78, 5) is 32.5. The number of carbonyl (C=O) groups is 2. The van der Waals surface area contributed by atoms with E-state index in [1.165, 1.54) is 0 Å². The van der Waals surface area contributed by atoms with E-state index in [0.29, 0.717) is 22.9 Å². The molecule has 1 aliphatic heterocycles. The third kappa shape index (κ3) is 4.49. The zero-order valence-electron chi connectivity index (χ0n) is 15.8. The summed E-state index contributed by atoms with van der Waals surface area (Å²) in [6.07, 6.45) is 3.66. The standard InChI is InChI=1S/C21H20N4O2S2/c1-24-12-11-22-21(24)29-17-9-7-16(8-10-17)23-19(26)18-13-28-14-25(18)20(27)15-5-3-2-4-6-15/h2-12,18H,13-14H2,1H3,(H,23,26)/t18-/m0/s1. The first-order valence-corrected chi connectivity index (χ1v) is 11.1. The minimum Gasteiger partial charge on any atom is -0.329 e. The zero-order valence-corrected chi connectivity index (χ0v) is 17.5.